The van der Waals surface area contributed by atoms with Gasteiger partial charge in [0.25, 0.3) is 11.5 Å². The third kappa shape index (κ3) is 5.23. The molecular formula is C26H30Cl2N4O3. The van der Waals surface area contributed by atoms with Crippen LogP contribution in [0.5, 0.6) is 0 Å². The number of hydrogen-bond donors (Lipinski definition) is 0. The lowest BCUT2D eigenvalue weighted by molar-refractivity contribution is 0.0358. The van der Waals surface area contributed by atoms with Crippen molar-refractivity contribution in [1.82, 2.24) is 19.4 Å². The van der Waals surface area contributed by atoms with Crippen LogP contribution < -0.4 is 5.56 Å². The molecule has 0 N–H and O–H groups in total. The number of fused-ring (bicyclic) bond motifs is 1. The van der Waals surface area contributed by atoms with Crippen molar-refractivity contribution in [2.45, 2.75) is 38.9 Å². The Labute approximate surface area is 215 Å². The number of ether oxygens (including phenoxy) is 1. The van der Waals surface area contributed by atoms with E-state index >= 15 is 0 Å². The molecule has 4 rings (SSSR count). The van der Waals surface area contributed by atoms with Gasteiger partial charge in [-0.15, -0.1) is 0 Å². The van der Waals surface area contributed by atoms with Crippen LogP contribution in [0.25, 0.3) is 10.9 Å². The van der Waals surface area contributed by atoms with Crippen molar-refractivity contribution < 1.29 is 9.53 Å². The summed E-state index contributed by atoms with van der Waals surface area (Å²) in [5, 5.41) is 1.40. The molecular weight excluding hydrogens is 487 g/mol. The van der Waals surface area contributed by atoms with Crippen molar-refractivity contribution in [3.05, 3.63) is 74.3 Å². The molecule has 0 bridgehead atoms. The maximum absolute atomic E-state index is 13.3. The van der Waals surface area contributed by atoms with Crippen molar-refractivity contribution in [2.24, 2.45) is 0 Å². The number of hydrogen-bond acceptors (Lipinski definition) is 5. The summed E-state index contributed by atoms with van der Waals surface area (Å²) in [6, 6.07) is 12.3. The Morgan fingerprint density at radius 2 is 1.94 bits per heavy atom. The fourth-order valence-electron chi connectivity index (χ4n) is 4.81. The maximum atomic E-state index is 13.3. The second-order valence-electron chi connectivity index (χ2n) is 8.83. The van der Waals surface area contributed by atoms with Gasteiger partial charge in [-0.1, -0.05) is 42.3 Å². The summed E-state index contributed by atoms with van der Waals surface area (Å²) in [5.74, 6) is 0.675. The minimum Gasteiger partial charge on any atom is -0.383 e. The fraction of sp³-hybridized carbons (Fsp3) is 0.423. The van der Waals surface area contributed by atoms with Gasteiger partial charge in [0.05, 0.1) is 40.1 Å². The van der Waals surface area contributed by atoms with Gasteiger partial charge >= 0.3 is 0 Å². The zero-order chi connectivity index (χ0) is 25.1. The zero-order valence-electron chi connectivity index (χ0n) is 20.2. The number of piperazine rings is 1. The van der Waals surface area contributed by atoms with E-state index < -0.39 is 0 Å². The molecule has 1 amide bonds. The van der Waals surface area contributed by atoms with Gasteiger partial charge in [0, 0.05) is 38.3 Å². The van der Waals surface area contributed by atoms with Gasteiger partial charge in [0.1, 0.15) is 5.82 Å². The highest BCUT2D eigenvalue weighted by molar-refractivity contribution is 6.42. The Hall–Kier alpha value is -2.45. The number of carbonyl (C=O) groups excluding carboxylic acids is 1. The van der Waals surface area contributed by atoms with Crippen LogP contribution in [0.2, 0.25) is 10.0 Å². The predicted molar refractivity (Wildman–Crippen MR) is 139 cm³/mol. The number of benzene rings is 2. The average Bonchev–Trinajstić information content (AvgIpc) is 2.85. The van der Waals surface area contributed by atoms with Gasteiger partial charge in [-0.05, 0) is 43.7 Å². The van der Waals surface area contributed by atoms with E-state index in [4.69, 9.17) is 32.9 Å². The molecule has 0 aliphatic carbocycles. The quantitative estimate of drug-likeness (QED) is 0.457. The predicted octanol–water partition coefficient (Wildman–Crippen LogP) is 4.65. The number of halogens is 2. The topological polar surface area (TPSA) is 67.7 Å². The maximum Gasteiger partial charge on any atom is 0.261 e. The van der Waals surface area contributed by atoms with Crippen molar-refractivity contribution in [3.63, 3.8) is 0 Å². The Balaban J connectivity index is 1.61. The van der Waals surface area contributed by atoms with Crippen LogP contribution in [0.3, 0.4) is 0 Å². The summed E-state index contributed by atoms with van der Waals surface area (Å²) in [7, 11) is 1.63. The minimum absolute atomic E-state index is 0.0284. The van der Waals surface area contributed by atoms with Crippen molar-refractivity contribution >= 4 is 40.0 Å². The smallest absolute Gasteiger partial charge is 0.261 e. The number of amides is 1. The number of aromatic nitrogens is 2. The van der Waals surface area contributed by atoms with Crippen molar-refractivity contribution in [1.29, 1.82) is 0 Å². The lowest BCUT2D eigenvalue weighted by Crippen LogP contribution is -2.55. The van der Waals surface area contributed by atoms with Gasteiger partial charge in [0.2, 0.25) is 0 Å². The summed E-state index contributed by atoms with van der Waals surface area (Å²) >= 11 is 12.2. The summed E-state index contributed by atoms with van der Waals surface area (Å²) in [6.07, 6.45) is 0.783. The second-order valence-corrected chi connectivity index (χ2v) is 9.65. The standard InChI is InChI=1S/C26H30Cl2N4O3/c1-4-23(24-29-22-8-6-5-7-19(22)26(34)32(24)13-14-35-3)30-11-12-31(17(2)16-30)25(33)18-9-10-20(27)21(28)15-18/h5-10,15,17,23H,4,11-14,16H2,1-3H3. The first-order valence-electron chi connectivity index (χ1n) is 11.8. The monoisotopic (exact) mass is 516 g/mol. The third-order valence-corrected chi connectivity index (χ3v) is 7.36. The molecule has 2 atom stereocenters. The highest BCUT2D eigenvalue weighted by Gasteiger charge is 2.33. The van der Waals surface area contributed by atoms with Crippen LogP contribution in [0.1, 0.15) is 42.5 Å². The molecule has 1 aliphatic heterocycles. The summed E-state index contributed by atoms with van der Waals surface area (Å²) in [5.41, 5.74) is 1.17. The molecule has 35 heavy (non-hydrogen) atoms. The largest absolute Gasteiger partial charge is 0.383 e. The van der Waals surface area contributed by atoms with E-state index in [0.29, 0.717) is 59.3 Å². The van der Waals surface area contributed by atoms with Gasteiger partial charge in [0.15, 0.2) is 0 Å². The van der Waals surface area contributed by atoms with Crippen LogP contribution in [-0.2, 0) is 11.3 Å². The Morgan fingerprint density at radius 3 is 2.63 bits per heavy atom. The molecule has 1 fully saturated rings. The molecule has 1 aromatic heterocycles. The Morgan fingerprint density at radius 1 is 1.17 bits per heavy atom. The molecule has 0 spiro atoms. The lowest BCUT2D eigenvalue weighted by Gasteiger charge is -2.43. The first-order chi connectivity index (χ1) is 16.8. The number of methoxy groups -OCH3 is 1. The Bertz CT molecular complexity index is 1280. The third-order valence-electron chi connectivity index (χ3n) is 6.62. The van der Waals surface area contributed by atoms with E-state index in [1.165, 1.54) is 0 Å². The van der Waals surface area contributed by atoms with Gasteiger partial charge in [-0.2, -0.15) is 0 Å². The van der Waals surface area contributed by atoms with Crippen LogP contribution in [-0.4, -0.2) is 64.7 Å². The van der Waals surface area contributed by atoms with Crippen molar-refractivity contribution in [3.8, 4) is 0 Å². The summed E-state index contributed by atoms with van der Waals surface area (Å²) in [4.78, 5) is 35.7. The number of rotatable bonds is 7. The van der Waals surface area contributed by atoms with E-state index in [0.717, 1.165) is 12.2 Å². The van der Waals surface area contributed by atoms with E-state index in [9.17, 15) is 9.59 Å². The highest BCUT2D eigenvalue weighted by Crippen LogP contribution is 2.28. The minimum atomic E-state index is -0.0652. The molecule has 3 aromatic rings. The molecule has 9 heteroatoms. The van der Waals surface area contributed by atoms with E-state index in [-0.39, 0.29) is 23.6 Å². The second kappa shape index (κ2) is 11.1. The van der Waals surface area contributed by atoms with E-state index in [1.807, 2.05) is 36.1 Å². The van der Waals surface area contributed by atoms with Gasteiger partial charge < -0.3 is 9.64 Å². The van der Waals surface area contributed by atoms with Crippen LogP contribution in [0, 0.1) is 0 Å². The molecule has 7 nitrogen and oxygen atoms in total. The highest BCUT2D eigenvalue weighted by atomic mass is 35.5. The van der Waals surface area contributed by atoms with E-state index in [1.54, 1.807) is 29.9 Å². The molecule has 2 unspecified atom stereocenters. The summed E-state index contributed by atoms with van der Waals surface area (Å²) in [6.45, 7) is 6.90. The molecule has 0 saturated carbocycles. The molecule has 2 aromatic carbocycles. The normalized spacial score (nSPS) is 17.6. The molecule has 1 saturated heterocycles. The molecule has 2 heterocycles. The summed E-state index contributed by atoms with van der Waals surface area (Å²) < 4.78 is 7.03. The number of para-hydroxylation sites is 1. The van der Waals surface area contributed by atoms with Gasteiger partial charge in [-0.25, -0.2) is 4.98 Å². The van der Waals surface area contributed by atoms with Gasteiger partial charge in [-0.3, -0.25) is 19.1 Å². The fourth-order valence-corrected chi connectivity index (χ4v) is 5.11. The Kier molecular flexibility index (Phi) is 8.12. The SMILES string of the molecule is CCC(c1nc2ccccc2c(=O)n1CCOC)N1CCN(C(=O)c2ccc(Cl)c(Cl)c2)C(C)C1. The van der Waals surface area contributed by atoms with Crippen LogP contribution >= 0.6 is 23.2 Å². The first-order valence-corrected chi connectivity index (χ1v) is 12.6. The van der Waals surface area contributed by atoms with Crippen LogP contribution in [0.15, 0.2) is 47.3 Å². The zero-order valence-corrected chi connectivity index (χ0v) is 21.7. The first kappa shape index (κ1) is 25.6. The van der Waals surface area contributed by atoms with Crippen LogP contribution in [0.4, 0.5) is 0 Å². The molecule has 1 aliphatic rings. The van der Waals surface area contributed by atoms with E-state index in [2.05, 4.69) is 11.8 Å². The van der Waals surface area contributed by atoms with Crippen molar-refractivity contribution in [2.75, 3.05) is 33.4 Å². The molecule has 186 valence electrons. The average molecular weight is 517 g/mol. The molecule has 0 radical (unpaired) electrons. The number of carbonyl (C=O) groups is 1. The lowest BCUT2D eigenvalue weighted by atomic mass is 10.1. The number of nitrogens with zero attached hydrogens (tertiary/aromatic N) is 4.